The van der Waals surface area contributed by atoms with Gasteiger partial charge in [-0.25, -0.2) is 13.4 Å². The van der Waals surface area contributed by atoms with Gasteiger partial charge in [-0.2, -0.15) is 13.2 Å². The topological polar surface area (TPSA) is 68.3 Å². The zero-order valence-corrected chi connectivity index (χ0v) is 9.60. The van der Waals surface area contributed by atoms with Gasteiger partial charge in [-0.3, -0.25) is 4.84 Å². The van der Waals surface area contributed by atoms with Crippen LogP contribution in [-0.4, -0.2) is 26.2 Å². The lowest BCUT2D eigenvalue weighted by atomic mass is 10.5. The highest BCUT2D eigenvalue weighted by Crippen LogP contribution is 2.18. The maximum Gasteiger partial charge on any atom is 0.413 e. The first kappa shape index (κ1) is 14.2. The summed E-state index contributed by atoms with van der Waals surface area (Å²) < 4.78 is 58.0. The van der Waals surface area contributed by atoms with E-state index in [9.17, 15) is 21.6 Å². The van der Waals surface area contributed by atoms with Gasteiger partial charge in [0.05, 0.1) is 0 Å². The summed E-state index contributed by atoms with van der Waals surface area (Å²) in [4.78, 5) is 8.13. The van der Waals surface area contributed by atoms with E-state index in [1.54, 1.807) is 0 Å². The molecule has 0 aromatic carbocycles. The smallest absolute Gasteiger partial charge is 0.277 e. The van der Waals surface area contributed by atoms with Crippen LogP contribution in [0.3, 0.4) is 0 Å². The molecule has 1 aromatic rings. The summed E-state index contributed by atoms with van der Waals surface area (Å²) in [7, 11) is -4.28. The molecule has 0 saturated carbocycles. The van der Waals surface area contributed by atoms with Crippen LogP contribution in [0.15, 0.2) is 23.2 Å². The Kier molecular flexibility index (Phi) is 4.31. The molecule has 1 rings (SSSR count). The number of rotatable bonds is 4. The number of hydrogen-bond acceptors (Lipinski definition) is 4. The molecule has 0 atom stereocenters. The summed E-state index contributed by atoms with van der Waals surface area (Å²) in [5, 5.41) is -0.365. The SMILES string of the molecule is O=S(=O)(NOCC(F)(F)F)c1cccnc1Cl. The molecule has 17 heavy (non-hydrogen) atoms. The van der Waals surface area contributed by atoms with E-state index in [2.05, 4.69) is 9.82 Å². The van der Waals surface area contributed by atoms with Gasteiger partial charge in [-0.1, -0.05) is 16.5 Å². The Morgan fingerprint density at radius 3 is 2.65 bits per heavy atom. The Labute approximate surface area is 99.6 Å². The third-order valence-electron chi connectivity index (χ3n) is 1.42. The summed E-state index contributed by atoms with van der Waals surface area (Å²) in [6.45, 7) is -1.75. The second-order valence-corrected chi connectivity index (χ2v) is 4.75. The molecule has 10 heteroatoms. The fourth-order valence-corrected chi connectivity index (χ4v) is 2.07. The summed E-state index contributed by atoms with van der Waals surface area (Å²) in [6, 6.07) is 2.35. The Bertz CT molecular complexity index is 491. The van der Waals surface area contributed by atoms with Crippen LogP contribution in [-0.2, 0) is 14.9 Å². The first-order valence-corrected chi connectivity index (χ1v) is 5.89. The molecule has 96 valence electrons. The molecule has 0 spiro atoms. The Morgan fingerprint density at radius 2 is 2.12 bits per heavy atom. The van der Waals surface area contributed by atoms with Crippen molar-refractivity contribution in [2.75, 3.05) is 6.61 Å². The van der Waals surface area contributed by atoms with Crippen LogP contribution in [0.2, 0.25) is 5.15 Å². The van der Waals surface area contributed by atoms with Crippen LogP contribution in [0, 0.1) is 0 Å². The van der Waals surface area contributed by atoms with Gasteiger partial charge in [0.25, 0.3) is 10.0 Å². The molecule has 1 N–H and O–H groups in total. The van der Waals surface area contributed by atoms with Crippen LogP contribution < -0.4 is 4.89 Å². The van der Waals surface area contributed by atoms with E-state index in [4.69, 9.17) is 11.6 Å². The lowest BCUT2D eigenvalue weighted by Crippen LogP contribution is -2.29. The minimum atomic E-state index is -4.64. The van der Waals surface area contributed by atoms with Crippen LogP contribution in [0.5, 0.6) is 0 Å². The highest BCUT2D eigenvalue weighted by Gasteiger charge is 2.29. The second-order valence-electron chi connectivity index (χ2n) is 2.78. The molecule has 0 amide bonds. The maximum absolute atomic E-state index is 11.7. The molecule has 0 saturated heterocycles. The van der Waals surface area contributed by atoms with Gasteiger partial charge in [-0.15, -0.1) is 0 Å². The van der Waals surface area contributed by atoms with Crippen LogP contribution in [0.1, 0.15) is 0 Å². The number of nitrogens with one attached hydrogen (secondary N) is 1. The normalized spacial score (nSPS) is 12.7. The number of halogens is 4. The predicted octanol–water partition coefficient (Wildman–Crippen LogP) is 1.51. The summed E-state index contributed by atoms with van der Waals surface area (Å²) >= 11 is 5.47. The van der Waals surface area contributed by atoms with Crippen LogP contribution in [0.25, 0.3) is 0 Å². The molecule has 0 aliphatic rings. The van der Waals surface area contributed by atoms with Crippen molar-refractivity contribution in [2.45, 2.75) is 11.1 Å². The van der Waals surface area contributed by atoms with Gasteiger partial charge >= 0.3 is 6.18 Å². The summed E-state index contributed by atoms with van der Waals surface area (Å²) in [5.74, 6) is 0. The minimum absolute atomic E-state index is 0.365. The van der Waals surface area contributed by atoms with Crippen molar-refractivity contribution in [1.82, 2.24) is 9.87 Å². The van der Waals surface area contributed by atoms with Gasteiger partial charge in [0.1, 0.15) is 10.0 Å². The lowest BCUT2D eigenvalue weighted by Gasteiger charge is -2.09. The Balaban J connectivity index is 2.74. The fraction of sp³-hybridized carbons (Fsp3) is 0.286. The van der Waals surface area contributed by atoms with Gasteiger partial charge in [0, 0.05) is 6.20 Å². The third kappa shape index (κ3) is 4.46. The monoisotopic (exact) mass is 290 g/mol. The maximum atomic E-state index is 11.7. The fourth-order valence-electron chi connectivity index (χ4n) is 0.805. The lowest BCUT2D eigenvalue weighted by molar-refractivity contribution is -0.181. The van der Waals surface area contributed by atoms with Crippen molar-refractivity contribution >= 4 is 21.6 Å². The quantitative estimate of drug-likeness (QED) is 0.674. The van der Waals surface area contributed by atoms with E-state index in [1.165, 1.54) is 17.1 Å². The molecule has 0 aliphatic carbocycles. The minimum Gasteiger partial charge on any atom is -0.277 e. The summed E-state index contributed by atoms with van der Waals surface area (Å²) in [5.41, 5.74) is 0. The zero-order chi connectivity index (χ0) is 13.1. The highest BCUT2D eigenvalue weighted by molar-refractivity contribution is 7.89. The van der Waals surface area contributed by atoms with Gasteiger partial charge in [-0.05, 0) is 12.1 Å². The number of sulfonamides is 1. The first-order chi connectivity index (χ1) is 7.72. The average molecular weight is 291 g/mol. The zero-order valence-electron chi connectivity index (χ0n) is 8.03. The largest absolute Gasteiger partial charge is 0.413 e. The van der Waals surface area contributed by atoms with Crippen molar-refractivity contribution in [2.24, 2.45) is 0 Å². The third-order valence-corrected chi connectivity index (χ3v) is 3.08. The van der Waals surface area contributed by atoms with E-state index in [0.717, 1.165) is 6.07 Å². The van der Waals surface area contributed by atoms with E-state index in [0.29, 0.717) is 0 Å². The first-order valence-electron chi connectivity index (χ1n) is 4.03. The van der Waals surface area contributed by atoms with Crippen LogP contribution >= 0.6 is 11.6 Å². The van der Waals surface area contributed by atoms with Gasteiger partial charge in [0.2, 0.25) is 0 Å². The molecule has 0 aliphatic heterocycles. The van der Waals surface area contributed by atoms with Crippen LogP contribution in [0.4, 0.5) is 13.2 Å². The van der Waals surface area contributed by atoms with Crippen molar-refractivity contribution in [3.05, 3.63) is 23.5 Å². The standard InChI is InChI=1S/C7H6ClF3N2O3S/c8-6-5(2-1-3-12-6)17(14,15)13-16-4-7(9,10)11/h1-3,13H,4H2. The second kappa shape index (κ2) is 5.17. The molecule has 0 fully saturated rings. The van der Waals surface area contributed by atoms with Crippen molar-refractivity contribution < 1.29 is 26.4 Å². The summed E-state index contributed by atoms with van der Waals surface area (Å²) in [6.07, 6.45) is -3.40. The van der Waals surface area contributed by atoms with E-state index in [-0.39, 0.29) is 5.15 Å². The molecule has 0 radical (unpaired) electrons. The highest BCUT2D eigenvalue weighted by atomic mass is 35.5. The molecule has 5 nitrogen and oxygen atoms in total. The predicted molar refractivity (Wildman–Crippen MR) is 51.6 cm³/mol. The Hall–Kier alpha value is -0.900. The van der Waals surface area contributed by atoms with Crippen molar-refractivity contribution in [3.63, 3.8) is 0 Å². The molecule has 1 aromatic heterocycles. The number of aromatic nitrogens is 1. The van der Waals surface area contributed by atoms with E-state index < -0.39 is 27.7 Å². The van der Waals surface area contributed by atoms with Gasteiger partial charge in [0.15, 0.2) is 6.61 Å². The van der Waals surface area contributed by atoms with Crippen molar-refractivity contribution in [1.29, 1.82) is 0 Å². The Morgan fingerprint density at radius 1 is 1.47 bits per heavy atom. The van der Waals surface area contributed by atoms with E-state index >= 15 is 0 Å². The van der Waals surface area contributed by atoms with E-state index in [1.807, 2.05) is 0 Å². The number of alkyl halides is 3. The average Bonchev–Trinajstić information content (AvgIpc) is 2.15. The number of hydrogen-bond donors (Lipinski definition) is 1. The molecule has 1 heterocycles. The van der Waals surface area contributed by atoms with Crippen molar-refractivity contribution in [3.8, 4) is 0 Å². The molecule has 0 bridgehead atoms. The molecule has 0 unspecified atom stereocenters. The number of pyridine rings is 1. The molecular weight excluding hydrogens is 285 g/mol. The van der Waals surface area contributed by atoms with Gasteiger partial charge < -0.3 is 0 Å². The molecular formula is C7H6ClF3N2O3S. The number of nitrogens with zero attached hydrogens (tertiary/aromatic N) is 1.